The van der Waals surface area contributed by atoms with Gasteiger partial charge in [0.1, 0.15) is 0 Å². The van der Waals surface area contributed by atoms with Crippen LogP contribution in [0, 0.1) is 0 Å². The molecule has 0 heterocycles. The third-order valence-corrected chi connectivity index (χ3v) is 3.94. The maximum absolute atomic E-state index is 12.0. The Bertz CT molecular complexity index is 523. The minimum atomic E-state index is -0.969. The van der Waals surface area contributed by atoms with E-state index >= 15 is 0 Å². The molecule has 0 aromatic heterocycles. The minimum absolute atomic E-state index is 0.0123. The van der Waals surface area contributed by atoms with Gasteiger partial charge < -0.3 is 10.4 Å². The molecule has 1 aromatic carbocycles. The molecule has 0 radical (unpaired) electrons. The molecule has 0 saturated heterocycles. The average molecular weight is 333 g/mol. The van der Waals surface area contributed by atoms with E-state index in [-0.39, 0.29) is 30.1 Å². The van der Waals surface area contributed by atoms with Crippen LogP contribution in [0.3, 0.4) is 0 Å². The number of anilines is 1. The Morgan fingerprint density at radius 3 is 2.57 bits per heavy atom. The first-order valence-corrected chi connectivity index (χ1v) is 7.30. The van der Waals surface area contributed by atoms with Crippen LogP contribution in [0.1, 0.15) is 20.3 Å². The van der Waals surface area contributed by atoms with E-state index < -0.39 is 5.97 Å². The van der Waals surface area contributed by atoms with Crippen LogP contribution in [-0.4, -0.2) is 41.0 Å². The standard InChI is InChI=1S/C14H18Cl2N2O3/c1-3-9(2)18(8-13(20)21)7-12(19)17-11-6-4-5-10(15)14(11)16/h4-6,9H,3,7-8H2,1-2H3,(H,17,19)(H,20,21). The zero-order valence-corrected chi connectivity index (χ0v) is 13.4. The van der Waals surface area contributed by atoms with Crippen LogP contribution in [0.25, 0.3) is 0 Å². The smallest absolute Gasteiger partial charge is 0.317 e. The molecule has 2 N–H and O–H groups in total. The Hall–Kier alpha value is -1.30. The fraction of sp³-hybridized carbons (Fsp3) is 0.429. The van der Waals surface area contributed by atoms with E-state index in [0.717, 1.165) is 6.42 Å². The Balaban J connectivity index is 2.73. The van der Waals surface area contributed by atoms with Crippen LogP contribution in [0.15, 0.2) is 18.2 Å². The molecule has 1 aromatic rings. The molecule has 0 aliphatic rings. The Morgan fingerprint density at radius 2 is 2.00 bits per heavy atom. The van der Waals surface area contributed by atoms with E-state index in [9.17, 15) is 9.59 Å². The Labute approximate surface area is 133 Å². The number of amides is 1. The Morgan fingerprint density at radius 1 is 1.33 bits per heavy atom. The first kappa shape index (κ1) is 17.8. The lowest BCUT2D eigenvalue weighted by molar-refractivity contribution is -0.139. The number of hydrogen-bond acceptors (Lipinski definition) is 3. The quantitative estimate of drug-likeness (QED) is 0.804. The lowest BCUT2D eigenvalue weighted by atomic mass is 10.2. The van der Waals surface area contributed by atoms with Crippen molar-refractivity contribution < 1.29 is 14.7 Å². The molecule has 0 spiro atoms. The fourth-order valence-corrected chi connectivity index (χ4v) is 2.12. The molecule has 1 unspecified atom stereocenters. The number of nitrogens with one attached hydrogen (secondary N) is 1. The van der Waals surface area contributed by atoms with Gasteiger partial charge in [0.2, 0.25) is 5.91 Å². The van der Waals surface area contributed by atoms with Gasteiger partial charge in [-0.3, -0.25) is 14.5 Å². The molecule has 0 aliphatic heterocycles. The fourth-order valence-electron chi connectivity index (χ4n) is 1.77. The number of benzene rings is 1. The molecular weight excluding hydrogens is 315 g/mol. The lowest BCUT2D eigenvalue weighted by Crippen LogP contribution is -2.42. The maximum atomic E-state index is 12.0. The van der Waals surface area contributed by atoms with Crippen molar-refractivity contribution in [1.82, 2.24) is 4.90 Å². The van der Waals surface area contributed by atoms with Gasteiger partial charge in [-0.25, -0.2) is 0 Å². The van der Waals surface area contributed by atoms with E-state index in [4.69, 9.17) is 28.3 Å². The van der Waals surface area contributed by atoms with Crippen molar-refractivity contribution in [2.45, 2.75) is 26.3 Å². The summed E-state index contributed by atoms with van der Waals surface area (Å²) < 4.78 is 0. The first-order valence-electron chi connectivity index (χ1n) is 6.54. The second-order valence-corrected chi connectivity index (χ2v) is 5.49. The summed E-state index contributed by atoms with van der Waals surface area (Å²) in [7, 11) is 0. The lowest BCUT2D eigenvalue weighted by Gasteiger charge is -2.25. The molecule has 116 valence electrons. The van der Waals surface area contributed by atoms with Gasteiger partial charge >= 0.3 is 5.97 Å². The van der Waals surface area contributed by atoms with E-state index in [1.165, 1.54) is 0 Å². The van der Waals surface area contributed by atoms with Gasteiger partial charge in [-0.1, -0.05) is 36.2 Å². The van der Waals surface area contributed by atoms with Gasteiger partial charge in [0.15, 0.2) is 0 Å². The summed E-state index contributed by atoms with van der Waals surface area (Å²) >= 11 is 11.9. The summed E-state index contributed by atoms with van der Waals surface area (Å²) in [5.74, 6) is -1.30. The van der Waals surface area contributed by atoms with Gasteiger partial charge in [0.25, 0.3) is 0 Å². The number of halogens is 2. The van der Waals surface area contributed by atoms with Crippen LogP contribution < -0.4 is 5.32 Å². The summed E-state index contributed by atoms with van der Waals surface area (Å²) in [6, 6.07) is 4.92. The van der Waals surface area contributed by atoms with Crippen molar-refractivity contribution in [2.24, 2.45) is 0 Å². The average Bonchev–Trinajstić information content (AvgIpc) is 2.41. The maximum Gasteiger partial charge on any atom is 0.317 e. The minimum Gasteiger partial charge on any atom is -0.480 e. The van der Waals surface area contributed by atoms with Crippen molar-refractivity contribution in [3.8, 4) is 0 Å². The van der Waals surface area contributed by atoms with Crippen LogP contribution in [-0.2, 0) is 9.59 Å². The third kappa shape index (κ3) is 5.53. The van der Waals surface area contributed by atoms with Gasteiger partial charge in [0.05, 0.1) is 28.8 Å². The SMILES string of the molecule is CCC(C)N(CC(=O)O)CC(=O)Nc1cccc(Cl)c1Cl. The molecule has 1 rings (SSSR count). The van der Waals surface area contributed by atoms with Gasteiger partial charge in [-0.15, -0.1) is 0 Å². The molecular formula is C14H18Cl2N2O3. The predicted octanol–water partition coefficient (Wildman–Crippen LogP) is 3.12. The molecule has 0 bridgehead atoms. The second kappa shape index (κ2) is 8.22. The topological polar surface area (TPSA) is 69.6 Å². The highest BCUT2D eigenvalue weighted by Gasteiger charge is 2.19. The number of rotatable bonds is 7. The Kier molecular flexibility index (Phi) is 6.95. The largest absolute Gasteiger partial charge is 0.480 e. The predicted molar refractivity (Wildman–Crippen MR) is 84.1 cm³/mol. The summed E-state index contributed by atoms with van der Waals surface area (Å²) in [5, 5.41) is 12.2. The van der Waals surface area contributed by atoms with Gasteiger partial charge in [-0.2, -0.15) is 0 Å². The molecule has 21 heavy (non-hydrogen) atoms. The van der Waals surface area contributed by atoms with Crippen LogP contribution >= 0.6 is 23.2 Å². The monoisotopic (exact) mass is 332 g/mol. The van der Waals surface area contributed by atoms with Crippen molar-refractivity contribution in [3.05, 3.63) is 28.2 Å². The highest BCUT2D eigenvalue weighted by molar-refractivity contribution is 6.43. The van der Waals surface area contributed by atoms with Crippen LogP contribution in [0.4, 0.5) is 5.69 Å². The summed E-state index contributed by atoms with van der Waals surface area (Å²) in [6.07, 6.45) is 0.748. The van der Waals surface area contributed by atoms with Crippen molar-refractivity contribution in [1.29, 1.82) is 0 Å². The molecule has 1 amide bonds. The number of carbonyl (C=O) groups is 2. The molecule has 0 saturated carbocycles. The number of carboxylic acid groups (broad SMARTS) is 1. The van der Waals surface area contributed by atoms with Gasteiger partial charge in [0, 0.05) is 6.04 Å². The van der Waals surface area contributed by atoms with E-state index in [1.807, 2.05) is 13.8 Å². The van der Waals surface area contributed by atoms with Crippen molar-refractivity contribution in [3.63, 3.8) is 0 Å². The molecule has 1 atom stereocenters. The highest BCUT2D eigenvalue weighted by atomic mass is 35.5. The number of carbonyl (C=O) groups excluding carboxylic acids is 1. The van der Waals surface area contributed by atoms with Crippen LogP contribution in [0.5, 0.6) is 0 Å². The summed E-state index contributed by atoms with van der Waals surface area (Å²) in [4.78, 5) is 24.5. The second-order valence-electron chi connectivity index (χ2n) is 4.71. The van der Waals surface area contributed by atoms with Gasteiger partial charge in [-0.05, 0) is 25.5 Å². The molecule has 0 fully saturated rings. The summed E-state index contributed by atoms with van der Waals surface area (Å²) in [6.45, 7) is 3.60. The van der Waals surface area contributed by atoms with E-state index in [2.05, 4.69) is 5.32 Å². The molecule has 0 aliphatic carbocycles. The van der Waals surface area contributed by atoms with E-state index in [1.54, 1.807) is 23.1 Å². The zero-order chi connectivity index (χ0) is 16.0. The van der Waals surface area contributed by atoms with Crippen LogP contribution in [0.2, 0.25) is 10.0 Å². The number of nitrogens with zero attached hydrogens (tertiary/aromatic N) is 1. The first-order chi connectivity index (χ1) is 9.85. The zero-order valence-electron chi connectivity index (χ0n) is 11.9. The normalized spacial score (nSPS) is 12.2. The third-order valence-electron chi connectivity index (χ3n) is 3.12. The van der Waals surface area contributed by atoms with E-state index in [0.29, 0.717) is 10.7 Å². The van der Waals surface area contributed by atoms with Crippen molar-refractivity contribution >= 4 is 40.8 Å². The highest BCUT2D eigenvalue weighted by Crippen LogP contribution is 2.29. The number of hydrogen-bond donors (Lipinski definition) is 2. The number of carboxylic acids is 1. The molecule has 5 nitrogen and oxygen atoms in total. The van der Waals surface area contributed by atoms with Crippen molar-refractivity contribution in [2.75, 3.05) is 18.4 Å². The summed E-state index contributed by atoms with van der Waals surface area (Å²) in [5.41, 5.74) is 0.411. The number of aliphatic carboxylic acids is 1. The molecule has 7 heteroatoms.